The molecule has 0 atom stereocenters. The second-order valence-corrected chi connectivity index (χ2v) is 5.73. The highest BCUT2D eigenvalue weighted by Crippen LogP contribution is 2.27. The van der Waals surface area contributed by atoms with Gasteiger partial charge in [0.15, 0.2) is 5.78 Å². The van der Waals surface area contributed by atoms with Gasteiger partial charge in [0.1, 0.15) is 0 Å². The van der Waals surface area contributed by atoms with Crippen LogP contribution in [-0.2, 0) is 0 Å². The zero-order chi connectivity index (χ0) is 14.8. The molecular formula is C17H19NO2. The molecule has 0 radical (unpaired) electrons. The molecule has 2 rings (SSSR count). The summed E-state index contributed by atoms with van der Waals surface area (Å²) in [6.45, 7) is 5.72. The van der Waals surface area contributed by atoms with Gasteiger partial charge in [-0.3, -0.25) is 4.79 Å². The Morgan fingerprint density at radius 1 is 1.10 bits per heavy atom. The molecule has 0 fully saturated rings. The van der Waals surface area contributed by atoms with Crippen LogP contribution in [0.3, 0.4) is 0 Å². The van der Waals surface area contributed by atoms with Crippen LogP contribution >= 0.6 is 0 Å². The van der Waals surface area contributed by atoms with E-state index in [4.69, 9.17) is 4.74 Å². The number of ketones is 1. The van der Waals surface area contributed by atoms with Crippen LogP contribution in [0, 0.1) is 5.41 Å². The molecule has 1 aromatic carbocycles. The Labute approximate surface area is 119 Å². The maximum atomic E-state index is 12.4. The van der Waals surface area contributed by atoms with Crippen molar-refractivity contribution in [1.29, 1.82) is 0 Å². The third kappa shape index (κ3) is 3.05. The highest BCUT2D eigenvalue weighted by atomic mass is 16.5. The second-order valence-electron chi connectivity index (χ2n) is 5.73. The number of hydrogen-bond donors (Lipinski definition) is 0. The van der Waals surface area contributed by atoms with Crippen LogP contribution in [0.2, 0.25) is 0 Å². The van der Waals surface area contributed by atoms with Crippen molar-refractivity contribution in [1.82, 2.24) is 4.98 Å². The molecule has 0 aliphatic rings. The van der Waals surface area contributed by atoms with E-state index in [9.17, 15) is 4.79 Å². The van der Waals surface area contributed by atoms with E-state index in [0.717, 1.165) is 11.3 Å². The van der Waals surface area contributed by atoms with Crippen molar-refractivity contribution in [2.45, 2.75) is 20.8 Å². The molecule has 2 aromatic rings. The third-order valence-electron chi connectivity index (χ3n) is 3.02. The molecule has 0 bridgehead atoms. The summed E-state index contributed by atoms with van der Waals surface area (Å²) in [5.74, 6) is 0.536. The van der Waals surface area contributed by atoms with Crippen molar-refractivity contribution < 1.29 is 9.53 Å². The molecule has 3 heteroatoms. The van der Waals surface area contributed by atoms with Crippen molar-refractivity contribution >= 4 is 5.78 Å². The summed E-state index contributed by atoms with van der Waals surface area (Å²) in [4.78, 5) is 16.8. The largest absolute Gasteiger partial charge is 0.481 e. The molecule has 0 saturated heterocycles. The summed E-state index contributed by atoms with van der Waals surface area (Å²) in [5.41, 5.74) is 1.91. The van der Waals surface area contributed by atoms with Gasteiger partial charge in [0.25, 0.3) is 0 Å². The number of nitrogens with zero attached hydrogens (tertiary/aromatic N) is 1. The first-order valence-corrected chi connectivity index (χ1v) is 6.58. The van der Waals surface area contributed by atoms with Crippen molar-refractivity contribution in [2.75, 3.05) is 7.11 Å². The van der Waals surface area contributed by atoms with Crippen LogP contribution in [0.15, 0.2) is 42.5 Å². The number of hydrogen-bond acceptors (Lipinski definition) is 3. The van der Waals surface area contributed by atoms with Gasteiger partial charge in [-0.15, -0.1) is 0 Å². The standard InChI is InChI=1S/C17H19NO2/c1-17(2,3)16(19)13-10-14(18-15(11-13)20-4)12-8-6-5-7-9-12/h5-11H,1-4H3. The van der Waals surface area contributed by atoms with Crippen molar-refractivity contribution in [3.8, 4) is 17.1 Å². The first-order valence-electron chi connectivity index (χ1n) is 6.58. The molecule has 0 amide bonds. The van der Waals surface area contributed by atoms with Gasteiger partial charge in [0.2, 0.25) is 5.88 Å². The first kappa shape index (κ1) is 14.3. The van der Waals surface area contributed by atoms with Gasteiger partial charge in [-0.1, -0.05) is 51.1 Å². The molecule has 0 aliphatic carbocycles. The molecule has 0 spiro atoms. The fraction of sp³-hybridized carbons (Fsp3) is 0.294. The van der Waals surface area contributed by atoms with Gasteiger partial charge >= 0.3 is 0 Å². The smallest absolute Gasteiger partial charge is 0.214 e. The van der Waals surface area contributed by atoms with Gasteiger partial charge in [-0.2, -0.15) is 0 Å². The Hall–Kier alpha value is -2.16. The summed E-state index contributed by atoms with van der Waals surface area (Å²) in [5, 5.41) is 0. The van der Waals surface area contributed by atoms with Crippen LogP contribution in [0.25, 0.3) is 11.3 Å². The van der Waals surface area contributed by atoms with Crippen molar-refractivity contribution in [2.24, 2.45) is 5.41 Å². The van der Waals surface area contributed by atoms with E-state index < -0.39 is 5.41 Å². The van der Waals surface area contributed by atoms with E-state index in [-0.39, 0.29) is 5.78 Å². The maximum Gasteiger partial charge on any atom is 0.214 e. The Morgan fingerprint density at radius 3 is 2.30 bits per heavy atom. The monoisotopic (exact) mass is 269 g/mol. The molecule has 0 aliphatic heterocycles. The maximum absolute atomic E-state index is 12.4. The first-order chi connectivity index (χ1) is 9.41. The van der Waals surface area contributed by atoms with E-state index >= 15 is 0 Å². The number of ether oxygens (including phenoxy) is 1. The molecule has 0 saturated carbocycles. The summed E-state index contributed by atoms with van der Waals surface area (Å²) in [6, 6.07) is 13.3. The number of pyridine rings is 1. The number of carbonyl (C=O) groups is 1. The molecule has 3 nitrogen and oxygen atoms in total. The Balaban J connectivity index is 2.53. The minimum atomic E-state index is -0.430. The van der Waals surface area contributed by atoms with E-state index in [2.05, 4.69) is 4.98 Å². The highest BCUT2D eigenvalue weighted by molar-refractivity contribution is 6.00. The van der Waals surface area contributed by atoms with E-state index in [1.165, 1.54) is 0 Å². The van der Waals surface area contributed by atoms with Crippen LogP contribution in [-0.4, -0.2) is 17.9 Å². The zero-order valence-electron chi connectivity index (χ0n) is 12.3. The van der Waals surface area contributed by atoms with Gasteiger partial charge < -0.3 is 4.74 Å². The minimum absolute atomic E-state index is 0.0791. The summed E-state index contributed by atoms with van der Waals surface area (Å²) in [6.07, 6.45) is 0. The molecular weight excluding hydrogens is 250 g/mol. The fourth-order valence-electron chi connectivity index (χ4n) is 1.93. The molecule has 20 heavy (non-hydrogen) atoms. The molecule has 0 unspecified atom stereocenters. The van der Waals surface area contributed by atoms with Crippen LogP contribution in [0.5, 0.6) is 5.88 Å². The number of aromatic nitrogens is 1. The summed E-state index contributed by atoms with van der Waals surface area (Å²) in [7, 11) is 1.56. The average molecular weight is 269 g/mol. The molecule has 0 N–H and O–H groups in total. The van der Waals surface area contributed by atoms with Gasteiger partial charge in [0.05, 0.1) is 12.8 Å². The van der Waals surface area contributed by atoms with Crippen molar-refractivity contribution in [3.05, 3.63) is 48.0 Å². The number of methoxy groups -OCH3 is 1. The summed E-state index contributed by atoms with van der Waals surface area (Å²) >= 11 is 0. The highest BCUT2D eigenvalue weighted by Gasteiger charge is 2.24. The van der Waals surface area contributed by atoms with Crippen LogP contribution in [0.4, 0.5) is 0 Å². The van der Waals surface area contributed by atoms with Gasteiger partial charge in [0, 0.05) is 22.6 Å². The number of benzene rings is 1. The Kier molecular flexibility index (Phi) is 3.89. The third-order valence-corrected chi connectivity index (χ3v) is 3.02. The fourth-order valence-corrected chi connectivity index (χ4v) is 1.93. The lowest BCUT2D eigenvalue weighted by Gasteiger charge is -2.17. The zero-order valence-corrected chi connectivity index (χ0v) is 12.3. The van der Waals surface area contributed by atoms with Crippen LogP contribution in [0.1, 0.15) is 31.1 Å². The summed E-state index contributed by atoms with van der Waals surface area (Å²) < 4.78 is 5.22. The van der Waals surface area contributed by atoms with Crippen molar-refractivity contribution in [3.63, 3.8) is 0 Å². The minimum Gasteiger partial charge on any atom is -0.481 e. The predicted octanol–water partition coefficient (Wildman–Crippen LogP) is 3.99. The molecule has 104 valence electrons. The lowest BCUT2D eigenvalue weighted by molar-refractivity contribution is 0.0858. The topological polar surface area (TPSA) is 39.2 Å². The van der Waals surface area contributed by atoms with E-state index in [1.807, 2.05) is 57.2 Å². The quantitative estimate of drug-likeness (QED) is 0.791. The Bertz CT molecular complexity index is 613. The second kappa shape index (κ2) is 5.45. The van der Waals surface area contributed by atoms with E-state index in [1.54, 1.807) is 13.2 Å². The SMILES string of the molecule is COc1cc(C(=O)C(C)(C)C)cc(-c2ccccc2)n1. The molecule has 1 aromatic heterocycles. The number of carbonyl (C=O) groups excluding carboxylic acids is 1. The van der Waals surface area contributed by atoms with E-state index in [0.29, 0.717) is 11.4 Å². The predicted molar refractivity (Wildman–Crippen MR) is 80.0 cm³/mol. The normalized spacial score (nSPS) is 11.2. The Morgan fingerprint density at radius 2 is 1.75 bits per heavy atom. The molecule has 1 heterocycles. The number of Topliss-reactive ketones (excluding diaryl/α,β-unsaturated/α-hetero) is 1. The van der Waals surface area contributed by atoms with Crippen LogP contribution < -0.4 is 4.74 Å². The lowest BCUT2D eigenvalue weighted by atomic mass is 9.86. The van der Waals surface area contributed by atoms with Gasteiger partial charge in [-0.25, -0.2) is 4.98 Å². The van der Waals surface area contributed by atoms with Gasteiger partial charge in [-0.05, 0) is 6.07 Å². The number of rotatable bonds is 3. The average Bonchev–Trinajstić information content (AvgIpc) is 2.46. The lowest BCUT2D eigenvalue weighted by Crippen LogP contribution is -2.20.